The predicted octanol–water partition coefficient (Wildman–Crippen LogP) is 3.33. The van der Waals surface area contributed by atoms with E-state index in [4.69, 9.17) is 5.26 Å². The van der Waals surface area contributed by atoms with Gasteiger partial charge in [0, 0.05) is 11.8 Å². The summed E-state index contributed by atoms with van der Waals surface area (Å²) in [5.74, 6) is 0.103. The Hall–Kier alpha value is -2.67. The van der Waals surface area contributed by atoms with Crippen molar-refractivity contribution in [2.24, 2.45) is 0 Å². The second-order valence-electron chi connectivity index (χ2n) is 4.81. The Labute approximate surface area is 118 Å². The molecule has 20 heavy (non-hydrogen) atoms. The maximum absolute atomic E-state index is 12.1. The smallest absolute Gasteiger partial charge is 0.255 e. The number of carbonyl (C=O) groups excluding carboxylic acids is 1. The average Bonchev–Trinajstić information content (AvgIpc) is 2.47. The van der Waals surface area contributed by atoms with Crippen molar-refractivity contribution in [3.8, 4) is 6.07 Å². The van der Waals surface area contributed by atoms with Crippen LogP contribution in [0.25, 0.3) is 0 Å². The number of anilines is 1. The van der Waals surface area contributed by atoms with E-state index in [0.29, 0.717) is 22.7 Å². The van der Waals surface area contributed by atoms with E-state index in [1.807, 2.05) is 12.1 Å². The van der Waals surface area contributed by atoms with E-state index in [2.05, 4.69) is 24.1 Å². The summed E-state index contributed by atoms with van der Waals surface area (Å²) in [5.41, 5.74) is 2.64. The quantitative estimate of drug-likeness (QED) is 0.925. The summed E-state index contributed by atoms with van der Waals surface area (Å²) in [6.07, 6.45) is 3.40. The van der Waals surface area contributed by atoms with Crippen LogP contribution in [0.2, 0.25) is 0 Å². The lowest BCUT2D eigenvalue weighted by Gasteiger charge is -2.09. The van der Waals surface area contributed by atoms with Crippen LogP contribution in [-0.2, 0) is 0 Å². The zero-order valence-electron chi connectivity index (χ0n) is 11.4. The molecule has 4 heteroatoms. The topological polar surface area (TPSA) is 65.8 Å². The van der Waals surface area contributed by atoms with Gasteiger partial charge in [-0.1, -0.05) is 19.9 Å². The second kappa shape index (κ2) is 5.98. The van der Waals surface area contributed by atoms with Gasteiger partial charge in [-0.25, -0.2) is 0 Å². The van der Waals surface area contributed by atoms with Crippen molar-refractivity contribution in [3.05, 3.63) is 59.4 Å². The molecule has 0 radical (unpaired) electrons. The van der Waals surface area contributed by atoms with E-state index in [1.165, 1.54) is 0 Å². The SMILES string of the molecule is CC(C)c1cncc(NC(=O)c2cccc(C#N)c2)c1. The van der Waals surface area contributed by atoms with Crippen LogP contribution in [-0.4, -0.2) is 10.9 Å². The molecule has 1 N–H and O–H groups in total. The summed E-state index contributed by atoms with van der Waals surface area (Å²) >= 11 is 0. The molecule has 0 saturated carbocycles. The zero-order chi connectivity index (χ0) is 14.5. The lowest BCUT2D eigenvalue weighted by Crippen LogP contribution is -2.12. The van der Waals surface area contributed by atoms with Gasteiger partial charge in [-0.3, -0.25) is 9.78 Å². The van der Waals surface area contributed by atoms with E-state index >= 15 is 0 Å². The second-order valence-corrected chi connectivity index (χ2v) is 4.81. The van der Waals surface area contributed by atoms with Gasteiger partial charge < -0.3 is 5.32 Å². The van der Waals surface area contributed by atoms with Gasteiger partial charge in [0.05, 0.1) is 23.5 Å². The number of nitrogens with one attached hydrogen (secondary N) is 1. The van der Waals surface area contributed by atoms with Crippen molar-refractivity contribution in [1.82, 2.24) is 4.98 Å². The fraction of sp³-hybridized carbons (Fsp3) is 0.188. The van der Waals surface area contributed by atoms with Crippen LogP contribution in [0.3, 0.4) is 0 Å². The van der Waals surface area contributed by atoms with Crippen molar-refractivity contribution < 1.29 is 4.79 Å². The average molecular weight is 265 g/mol. The normalized spacial score (nSPS) is 10.1. The third kappa shape index (κ3) is 3.21. The standard InChI is InChI=1S/C16H15N3O/c1-11(2)14-7-15(10-18-9-14)19-16(20)13-5-3-4-12(6-13)8-17/h3-7,9-11H,1-2H3,(H,19,20). The molecule has 1 aromatic heterocycles. The van der Waals surface area contributed by atoms with E-state index < -0.39 is 0 Å². The van der Waals surface area contributed by atoms with E-state index in [1.54, 1.807) is 36.7 Å². The van der Waals surface area contributed by atoms with E-state index in [0.717, 1.165) is 5.56 Å². The van der Waals surface area contributed by atoms with Crippen LogP contribution in [0, 0.1) is 11.3 Å². The molecule has 1 amide bonds. The summed E-state index contributed by atoms with van der Waals surface area (Å²) < 4.78 is 0. The van der Waals surface area contributed by atoms with Crippen molar-refractivity contribution >= 4 is 11.6 Å². The Morgan fingerprint density at radius 2 is 2.10 bits per heavy atom. The molecule has 4 nitrogen and oxygen atoms in total. The summed E-state index contributed by atoms with van der Waals surface area (Å²) in [4.78, 5) is 16.2. The first-order valence-corrected chi connectivity index (χ1v) is 6.36. The van der Waals surface area contributed by atoms with Crippen LogP contribution in [0.15, 0.2) is 42.7 Å². The van der Waals surface area contributed by atoms with Crippen LogP contribution in [0.1, 0.15) is 41.3 Å². The summed E-state index contributed by atoms with van der Waals surface area (Å²) in [7, 11) is 0. The molecular weight excluding hydrogens is 250 g/mol. The Bertz CT molecular complexity index is 671. The summed E-state index contributed by atoms with van der Waals surface area (Å²) in [6.45, 7) is 4.14. The molecule has 2 aromatic rings. The van der Waals surface area contributed by atoms with Gasteiger partial charge in [0.25, 0.3) is 5.91 Å². The van der Waals surface area contributed by atoms with Crippen LogP contribution < -0.4 is 5.32 Å². The minimum absolute atomic E-state index is 0.246. The highest BCUT2D eigenvalue weighted by Gasteiger charge is 2.08. The molecule has 0 aliphatic carbocycles. The van der Waals surface area contributed by atoms with Crippen molar-refractivity contribution in [3.63, 3.8) is 0 Å². The van der Waals surface area contributed by atoms with Crippen LogP contribution >= 0.6 is 0 Å². The molecule has 2 rings (SSSR count). The number of benzene rings is 1. The third-order valence-electron chi connectivity index (χ3n) is 2.94. The minimum Gasteiger partial charge on any atom is -0.321 e. The highest BCUT2D eigenvalue weighted by Crippen LogP contribution is 2.17. The number of nitriles is 1. The summed E-state index contributed by atoms with van der Waals surface area (Å²) in [5, 5.41) is 11.6. The largest absolute Gasteiger partial charge is 0.321 e. The van der Waals surface area contributed by atoms with Crippen molar-refractivity contribution in [1.29, 1.82) is 5.26 Å². The van der Waals surface area contributed by atoms with Gasteiger partial charge >= 0.3 is 0 Å². The van der Waals surface area contributed by atoms with Gasteiger partial charge in [-0.2, -0.15) is 5.26 Å². The fourth-order valence-electron chi connectivity index (χ4n) is 1.78. The summed E-state index contributed by atoms with van der Waals surface area (Å²) in [6, 6.07) is 10.5. The van der Waals surface area contributed by atoms with Gasteiger partial charge in [-0.15, -0.1) is 0 Å². The van der Waals surface area contributed by atoms with Crippen molar-refractivity contribution in [2.75, 3.05) is 5.32 Å². The van der Waals surface area contributed by atoms with Crippen LogP contribution in [0.4, 0.5) is 5.69 Å². The highest BCUT2D eigenvalue weighted by molar-refractivity contribution is 6.04. The van der Waals surface area contributed by atoms with Gasteiger partial charge in [0.1, 0.15) is 0 Å². The number of nitrogens with zero attached hydrogens (tertiary/aromatic N) is 2. The van der Waals surface area contributed by atoms with Gasteiger partial charge in [-0.05, 0) is 35.7 Å². The molecule has 1 heterocycles. The van der Waals surface area contributed by atoms with Gasteiger partial charge in [0.15, 0.2) is 0 Å². The molecule has 0 saturated heterocycles. The Morgan fingerprint density at radius 3 is 2.80 bits per heavy atom. The molecule has 0 atom stereocenters. The molecule has 0 fully saturated rings. The maximum Gasteiger partial charge on any atom is 0.255 e. The number of pyridine rings is 1. The molecule has 0 spiro atoms. The fourth-order valence-corrected chi connectivity index (χ4v) is 1.78. The molecule has 0 unspecified atom stereocenters. The van der Waals surface area contributed by atoms with Gasteiger partial charge in [0.2, 0.25) is 0 Å². The van der Waals surface area contributed by atoms with Crippen molar-refractivity contribution in [2.45, 2.75) is 19.8 Å². The van der Waals surface area contributed by atoms with E-state index in [-0.39, 0.29) is 5.91 Å². The predicted molar refractivity (Wildman–Crippen MR) is 77.4 cm³/mol. The van der Waals surface area contributed by atoms with E-state index in [9.17, 15) is 4.79 Å². The monoisotopic (exact) mass is 265 g/mol. The molecule has 0 bridgehead atoms. The first kappa shape index (κ1) is 13.8. The number of hydrogen-bond donors (Lipinski definition) is 1. The number of carbonyl (C=O) groups is 1. The minimum atomic E-state index is -0.246. The number of aromatic nitrogens is 1. The Morgan fingerprint density at radius 1 is 1.30 bits per heavy atom. The number of amides is 1. The molecular formula is C16H15N3O. The van der Waals surface area contributed by atoms with Crippen LogP contribution in [0.5, 0.6) is 0 Å². The number of hydrogen-bond acceptors (Lipinski definition) is 3. The molecule has 1 aromatic carbocycles. The first-order chi connectivity index (χ1) is 9.60. The Kier molecular flexibility index (Phi) is 4.11. The molecule has 0 aliphatic heterocycles. The Balaban J connectivity index is 2.19. The zero-order valence-corrected chi connectivity index (χ0v) is 11.4. The molecule has 0 aliphatic rings. The lowest BCUT2D eigenvalue weighted by atomic mass is 10.1. The third-order valence-corrected chi connectivity index (χ3v) is 2.94. The maximum atomic E-state index is 12.1. The lowest BCUT2D eigenvalue weighted by molar-refractivity contribution is 0.102. The first-order valence-electron chi connectivity index (χ1n) is 6.36. The molecule has 100 valence electrons. The number of rotatable bonds is 3. The highest BCUT2D eigenvalue weighted by atomic mass is 16.1.